The van der Waals surface area contributed by atoms with Crippen LogP contribution < -0.4 is 5.73 Å². The number of aryl methyl sites for hydroxylation is 2. The number of H-pyrrole nitrogens is 1. The number of allylic oxidation sites excluding steroid dienone is 6. The number of nitrogens with one attached hydrogen (secondary N) is 1. The molecule has 0 saturated heterocycles. The number of carbonyl (C=O) groups excluding carboxylic acids is 1. The van der Waals surface area contributed by atoms with Gasteiger partial charge in [0.05, 0.1) is 33.4 Å². The molecule has 3 N–H and O–H groups in total. The average Bonchev–Trinajstić information content (AvgIpc) is 3.73. The summed E-state index contributed by atoms with van der Waals surface area (Å²) in [5.74, 6) is -0.593. The van der Waals surface area contributed by atoms with Gasteiger partial charge in [0, 0.05) is 23.7 Å². The molecule has 3 aliphatic rings. The molecule has 1 aliphatic carbocycles. The number of dihydropyridines is 1. The third-order valence-electron chi connectivity index (χ3n) is 8.34. The summed E-state index contributed by atoms with van der Waals surface area (Å²) in [5.41, 5.74) is 8.32. The molecule has 1 unspecified atom stereocenters. The van der Waals surface area contributed by atoms with Crippen molar-refractivity contribution in [1.29, 1.82) is 0 Å². The summed E-state index contributed by atoms with van der Waals surface area (Å²) in [5, 5.41) is 4.33. The van der Waals surface area contributed by atoms with Crippen LogP contribution in [0.1, 0.15) is 34.6 Å². The summed E-state index contributed by atoms with van der Waals surface area (Å²) < 4.78 is 72.6. The van der Waals surface area contributed by atoms with Crippen molar-refractivity contribution in [2.24, 2.45) is 10.9 Å². The van der Waals surface area contributed by atoms with Crippen molar-refractivity contribution < 1.29 is 26.4 Å². The van der Waals surface area contributed by atoms with E-state index in [1.165, 1.54) is 41.2 Å². The Balaban J connectivity index is 1.31. The second kappa shape index (κ2) is 10.9. The van der Waals surface area contributed by atoms with Crippen LogP contribution in [0.3, 0.4) is 0 Å². The zero-order valence-electron chi connectivity index (χ0n) is 25.2. The van der Waals surface area contributed by atoms with Crippen molar-refractivity contribution in [3.05, 3.63) is 112 Å². The number of Topliss-reactive ketones (excluding diaryl/α,β-unsaturated/α-hetero) is 1. The number of aromatic nitrogens is 4. The highest BCUT2D eigenvalue weighted by Gasteiger charge is 2.44. The Bertz CT molecular complexity index is 2240. The van der Waals surface area contributed by atoms with Crippen molar-refractivity contribution in [1.82, 2.24) is 24.1 Å². The number of rotatable bonds is 6. The first-order chi connectivity index (χ1) is 22.3. The molecule has 240 valence electrons. The third-order valence-corrected chi connectivity index (χ3v) is 10.1. The van der Waals surface area contributed by atoms with E-state index in [0.29, 0.717) is 12.1 Å². The van der Waals surface area contributed by atoms with Gasteiger partial charge in [0.2, 0.25) is 5.78 Å². The van der Waals surface area contributed by atoms with Gasteiger partial charge in [-0.2, -0.15) is 18.3 Å². The molecule has 2 aromatic heterocycles. The van der Waals surface area contributed by atoms with E-state index >= 15 is 0 Å². The zero-order chi connectivity index (χ0) is 33.2. The summed E-state index contributed by atoms with van der Waals surface area (Å²) >= 11 is 0. The number of hydrogen-bond acceptors (Lipinski definition) is 7. The predicted octanol–water partition coefficient (Wildman–Crippen LogP) is 5.88. The number of hydrogen-bond donors (Lipinski definition) is 2. The van der Waals surface area contributed by atoms with Crippen LogP contribution in [-0.4, -0.2) is 56.7 Å². The van der Waals surface area contributed by atoms with Crippen molar-refractivity contribution in [2.45, 2.75) is 37.8 Å². The van der Waals surface area contributed by atoms with Gasteiger partial charge in [0.1, 0.15) is 23.1 Å². The van der Waals surface area contributed by atoms with Gasteiger partial charge in [-0.3, -0.25) is 9.79 Å². The highest BCUT2D eigenvalue weighted by molar-refractivity contribution is 7.89. The minimum Gasteiger partial charge on any atom is -0.383 e. The zero-order valence-corrected chi connectivity index (χ0v) is 26.0. The maximum absolute atomic E-state index is 14.3. The van der Waals surface area contributed by atoms with Gasteiger partial charge in [-0.25, -0.2) is 22.4 Å². The Morgan fingerprint density at radius 3 is 2.60 bits per heavy atom. The lowest BCUT2D eigenvalue weighted by Crippen LogP contribution is -2.32. The number of nitrogen functional groups attached to an aromatic ring is 1. The number of aromatic amines is 1. The largest absolute Gasteiger partial charge is 0.433 e. The number of alkyl halides is 3. The number of imidazole rings is 1. The standard InChI is InChI=1S/C33H28F3N7O3S/c1-18-5-10-23(11-6-18)47(45,46)43-28-14-20(24-4-3-13-38-31(24)33(34,35)36)7-8-21(28)15-29(43)30(44)25-17-39-42(32(25)37)22-9-12-26-27(16-22)41-19(2)40-26/h4-7,9-12,14-17,21H,3,8,13,37H2,1-2H3,(H,40,41). The van der Waals surface area contributed by atoms with Crippen LogP contribution in [0, 0.1) is 19.8 Å². The second-order valence-electron chi connectivity index (χ2n) is 11.5. The number of anilines is 1. The average molecular weight is 660 g/mol. The molecule has 47 heavy (non-hydrogen) atoms. The van der Waals surface area contributed by atoms with Crippen LogP contribution >= 0.6 is 0 Å². The van der Waals surface area contributed by atoms with Crippen LogP contribution in [0.15, 0.2) is 105 Å². The number of fused-ring (bicyclic) bond motifs is 2. The molecule has 2 aliphatic heterocycles. The minimum absolute atomic E-state index is 0.00342. The number of carbonyl (C=O) groups is 1. The summed E-state index contributed by atoms with van der Waals surface area (Å²) in [6.07, 6.45) is 3.07. The maximum atomic E-state index is 14.3. The molecule has 0 spiro atoms. The van der Waals surface area contributed by atoms with E-state index in [2.05, 4.69) is 20.1 Å². The lowest BCUT2D eigenvalue weighted by molar-refractivity contribution is -0.0584. The Hall–Kier alpha value is -5.24. The number of nitrogens with two attached hydrogens (primary N) is 1. The quantitative estimate of drug-likeness (QED) is 0.248. The second-order valence-corrected chi connectivity index (χ2v) is 13.3. The fourth-order valence-electron chi connectivity index (χ4n) is 6.10. The number of benzene rings is 2. The van der Waals surface area contributed by atoms with E-state index in [1.807, 2.05) is 6.92 Å². The summed E-state index contributed by atoms with van der Waals surface area (Å²) in [4.78, 5) is 25.4. The highest BCUT2D eigenvalue weighted by Crippen LogP contribution is 2.44. The molecule has 0 amide bonds. The Labute approximate surface area is 267 Å². The van der Waals surface area contributed by atoms with Crippen molar-refractivity contribution in [2.75, 3.05) is 12.3 Å². The van der Waals surface area contributed by atoms with Crippen LogP contribution in [0.2, 0.25) is 0 Å². The van der Waals surface area contributed by atoms with E-state index < -0.39 is 33.6 Å². The molecular formula is C33H28F3N7O3S. The van der Waals surface area contributed by atoms with Crippen LogP contribution in [-0.2, 0) is 10.0 Å². The van der Waals surface area contributed by atoms with Crippen molar-refractivity contribution in [3.63, 3.8) is 0 Å². The van der Waals surface area contributed by atoms with Gasteiger partial charge >= 0.3 is 6.18 Å². The van der Waals surface area contributed by atoms with Gasteiger partial charge in [-0.1, -0.05) is 29.8 Å². The molecule has 4 heterocycles. The predicted molar refractivity (Wildman–Crippen MR) is 170 cm³/mol. The Morgan fingerprint density at radius 2 is 1.85 bits per heavy atom. The molecule has 2 aromatic carbocycles. The van der Waals surface area contributed by atoms with Crippen molar-refractivity contribution in [3.8, 4) is 5.69 Å². The molecule has 0 radical (unpaired) electrons. The van der Waals surface area contributed by atoms with E-state index in [4.69, 9.17) is 5.73 Å². The highest BCUT2D eigenvalue weighted by atomic mass is 32.2. The van der Waals surface area contributed by atoms with Gasteiger partial charge in [-0.05, 0) is 74.7 Å². The smallest absolute Gasteiger partial charge is 0.383 e. The van der Waals surface area contributed by atoms with E-state index in [0.717, 1.165) is 26.7 Å². The molecule has 0 bridgehead atoms. The number of aliphatic imine (C=N–C) groups is 1. The molecular weight excluding hydrogens is 631 g/mol. The molecule has 7 rings (SSSR count). The van der Waals surface area contributed by atoms with Gasteiger partial charge in [0.25, 0.3) is 10.0 Å². The van der Waals surface area contributed by atoms with Crippen LogP contribution in [0.25, 0.3) is 16.7 Å². The maximum Gasteiger partial charge on any atom is 0.433 e. The fourth-order valence-corrected chi connectivity index (χ4v) is 7.66. The van der Waals surface area contributed by atoms with Crippen molar-refractivity contribution >= 4 is 38.4 Å². The normalized spacial score (nSPS) is 18.4. The lowest BCUT2D eigenvalue weighted by atomic mass is 9.88. The monoisotopic (exact) mass is 659 g/mol. The van der Waals surface area contributed by atoms with Crippen LogP contribution in [0.5, 0.6) is 0 Å². The molecule has 14 heteroatoms. The topological polar surface area (TPSA) is 139 Å². The molecule has 0 fully saturated rings. The van der Waals surface area contributed by atoms with E-state index in [9.17, 15) is 26.4 Å². The summed E-state index contributed by atoms with van der Waals surface area (Å²) in [7, 11) is -4.41. The van der Waals surface area contributed by atoms with Crippen LogP contribution in [0.4, 0.5) is 19.0 Å². The molecule has 0 saturated carbocycles. The number of ketones is 1. The SMILES string of the molecule is Cc1ccc(S(=O)(=O)N2C(C(=O)c3cnn(-c4ccc5nc(C)[nH]c5c4)c3N)=CC3CC=C(C4=CCCN=C4C(F)(F)F)C=C32)cc1. The minimum atomic E-state index is -4.69. The first-order valence-electron chi connectivity index (χ1n) is 14.8. The first kappa shape index (κ1) is 30.4. The Kier molecular flexibility index (Phi) is 7.08. The molecule has 4 aromatic rings. The van der Waals surface area contributed by atoms with Gasteiger partial charge in [0.15, 0.2) is 0 Å². The fraction of sp³-hybridized carbons (Fsp3) is 0.212. The van der Waals surface area contributed by atoms with E-state index in [1.54, 1.807) is 43.3 Å². The first-order valence-corrected chi connectivity index (χ1v) is 16.2. The molecule has 1 atom stereocenters. The summed E-state index contributed by atoms with van der Waals surface area (Å²) in [6, 6.07) is 11.4. The number of halogens is 3. The Morgan fingerprint density at radius 1 is 1.09 bits per heavy atom. The summed E-state index contributed by atoms with van der Waals surface area (Å²) in [6.45, 7) is 3.63. The number of sulfonamides is 1. The van der Waals surface area contributed by atoms with Gasteiger partial charge < -0.3 is 10.7 Å². The molecule has 10 nitrogen and oxygen atoms in total. The third kappa shape index (κ3) is 5.18. The van der Waals surface area contributed by atoms with E-state index in [-0.39, 0.29) is 51.8 Å². The van der Waals surface area contributed by atoms with Gasteiger partial charge in [-0.15, -0.1) is 0 Å². The number of nitrogens with zero attached hydrogens (tertiary/aromatic N) is 5. The lowest BCUT2D eigenvalue weighted by Gasteiger charge is -2.28.